The Morgan fingerprint density at radius 2 is 2.17 bits per heavy atom. The first kappa shape index (κ1) is 14.3. The third-order valence-corrected chi connectivity index (χ3v) is 2.18. The van der Waals surface area contributed by atoms with Gasteiger partial charge in [0.2, 0.25) is 5.91 Å². The zero-order valence-electron chi connectivity index (χ0n) is 11.0. The van der Waals surface area contributed by atoms with Crippen molar-refractivity contribution in [2.24, 2.45) is 5.92 Å². The third kappa shape index (κ3) is 4.63. The number of amides is 1. The van der Waals surface area contributed by atoms with Crippen molar-refractivity contribution in [3.05, 3.63) is 18.2 Å². The van der Waals surface area contributed by atoms with Gasteiger partial charge in [-0.25, -0.2) is 0 Å². The Kier molecular flexibility index (Phi) is 5.45. The van der Waals surface area contributed by atoms with E-state index in [2.05, 4.69) is 5.32 Å². The van der Waals surface area contributed by atoms with Crippen LogP contribution < -0.4 is 15.8 Å². The minimum Gasteiger partial charge on any atom is -0.495 e. The van der Waals surface area contributed by atoms with Crippen molar-refractivity contribution in [2.75, 3.05) is 31.4 Å². The molecule has 1 aromatic carbocycles. The Hall–Kier alpha value is -1.75. The van der Waals surface area contributed by atoms with Crippen LogP contribution in [0.5, 0.6) is 5.75 Å². The molecule has 0 bridgehead atoms. The zero-order valence-corrected chi connectivity index (χ0v) is 11.0. The second kappa shape index (κ2) is 6.86. The number of nitrogens with two attached hydrogens (primary N) is 1. The van der Waals surface area contributed by atoms with E-state index in [1.165, 1.54) is 7.11 Å². The molecule has 0 saturated heterocycles. The van der Waals surface area contributed by atoms with Gasteiger partial charge in [-0.05, 0) is 24.1 Å². The van der Waals surface area contributed by atoms with Crippen LogP contribution in [0.2, 0.25) is 0 Å². The summed E-state index contributed by atoms with van der Waals surface area (Å²) in [4.78, 5) is 11.6. The number of hydrogen-bond acceptors (Lipinski definition) is 4. The van der Waals surface area contributed by atoms with E-state index in [-0.39, 0.29) is 12.5 Å². The maximum Gasteiger partial charge on any atom is 0.250 e. The molecular formula is C13H20N2O3. The van der Waals surface area contributed by atoms with Crippen LogP contribution in [0.3, 0.4) is 0 Å². The largest absolute Gasteiger partial charge is 0.495 e. The van der Waals surface area contributed by atoms with E-state index in [9.17, 15) is 4.79 Å². The van der Waals surface area contributed by atoms with Crippen LogP contribution >= 0.6 is 0 Å². The van der Waals surface area contributed by atoms with Gasteiger partial charge in [0.15, 0.2) is 0 Å². The van der Waals surface area contributed by atoms with Crippen LogP contribution in [0.15, 0.2) is 18.2 Å². The monoisotopic (exact) mass is 252 g/mol. The molecule has 5 nitrogen and oxygen atoms in total. The van der Waals surface area contributed by atoms with Gasteiger partial charge in [0.05, 0.1) is 12.8 Å². The summed E-state index contributed by atoms with van der Waals surface area (Å²) in [6.45, 7) is 4.63. The van der Waals surface area contributed by atoms with Crippen LogP contribution in [0.1, 0.15) is 13.8 Å². The van der Waals surface area contributed by atoms with Gasteiger partial charge >= 0.3 is 0 Å². The maximum absolute atomic E-state index is 11.6. The lowest BCUT2D eigenvalue weighted by molar-refractivity contribution is -0.120. The molecule has 0 radical (unpaired) electrons. The molecule has 1 amide bonds. The SMILES string of the molecule is COc1ccc(N)cc1NC(=O)COCC(C)C. The number of carbonyl (C=O) groups is 1. The van der Waals surface area contributed by atoms with E-state index >= 15 is 0 Å². The fourth-order valence-electron chi connectivity index (χ4n) is 1.40. The number of hydrogen-bond donors (Lipinski definition) is 2. The number of nitrogens with one attached hydrogen (secondary N) is 1. The van der Waals surface area contributed by atoms with Crippen molar-refractivity contribution in [3.63, 3.8) is 0 Å². The van der Waals surface area contributed by atoms with Crippen molar-refractivity contribution >= 4 is 17.3 Å². The predicted octanol–water partition coefficient (Wildman–Crippen LogP) is 1.89. The zero-order chi connectivity index (χ0) is 13.5. The molecule has 0 fully saturated rings. The second-order valence-electron chi connectivity index (χ2n) is 4.42. The molecule has 1 aromatic rings. The lowest BCUT2D eigenvalue weighted by atomic mass is 10.2. The van der Waals surface area contributed by atoms with Gasteiger partial charge in [-0.2, -0.15) is 0 Å². The summed E-state index contributed by atoms with van der Waals surface area (Å²) in [7, 11) is 1.54. The first-order valence-corrected chi connectivity index (χ1v) is 5.84. The van der Waals surface area contributed by atoms with Crippen LogP contribution in [-0.4, -0.2) is 26.2 Å². The number of anilines is 2. The van der Waals surface area contributed by atoms with Gasteiger partial charge in [-0.15, -0.1) is 0 Å². The number of methoxy groups -OCH3 is 1. The summed E-state index contributed by atoms with van der Waals surface area (Å²) in [5.74, 6) is 0.751. The highest BCUT2D eigenvalue weighted by Crippen LogP contribution is 2.26. The average Bonchev–Trinajstić information content (AvgIpc) is 2.28. The number of benzene rings is 1. The van der Waals surface area contributed by atoms with Gasteiger partial charge in [-0.1, -0.05) is 13.8 Å². The predicted molar refractivity (Wildman–Crippen MR) is 71.7 cm³/mol. The van der Waals surface area contributed by atoms with Crippen LogP contribution in [0.25, 0.3) is 0 Å². The maximum atomic E-state index is 11.6. The Morgan fingerprint density at radius 1 is 1.44 bits per heavy atom. The molecule has 0 unspecified atom stereocenters. The molecule has 0 spiro atoms. The Balaban J connectivity index is 2.55. The molecule has 0 aromatic heterocycles. The first-order valence-electron chi connectivity index (χ1n) is 5.84. The summed E-state index contributed by atoms with van der Waals surface area (Å²) in [6.07, 6.45) is 0. The summed E-state index contributed by atoms with van der Waals surface area (Å²) < 4.78 is 10.4. The molecule has 5 heteroatoms. The highest BCUT2D eigenvalue weighted by molar-refractivity contribution is 5.93. The molecule has 0 saturated carbocycles. The Labute approximate surface area is 107 Å². The molecule has 0 aliphatic rings. The summed E-state index contributed by atoms with van der Waals surface area (Å²) in [6, 6.07) is 5.07. The lowest BCUT2D eigenvalue weighted by Gasteiger charge is -2.11. The highest BCUT2D eigenvalue weighted by Gasteiger charge is 2.08. The van der Waals surface area contributed by atoms with Crippen LogP contribution in [-0.2, 0) is 9.53 Å². The number of carbonyl (C=O) groups excluding carboxylic acids is 1. The number of nitrogen functional groups attached to an aromatic ring is 1. The molecule has 0 atom stereocenters. The first-order chi connectivity index (χ1) is 8.52. The van der Waals surface area contributed by atoms with Crippen molar-refractivity contribution in [1.29, 1.82) is 0 Å². The van der Waals surface area contributed by atoms with Crippen LogP contribution in [0.4, 0.5) is 11.4 Å². The lowest BCUT2D eigenvalue weighted by Crippen LogP contribution is -2.20. The summed E-state index contributed by atoms with van der Waals surface area (Å²) in [5, 5.41) is 2.71. The third-order valence-electron chi connectivity index (χ3n) is 2.18. The highest BCUT2D eigenvalue weighted by atomic mass is 16.5. The van der Waals surface area contributed by atoms with Crippen LogP contribution in [0, 0.1) is 5.92 Å². The normalized spacial score (nSPS) is 10.4. The molecule has 3 N–H and O–H groups in total. The minimum atomic E-state index is -0.223. The fourth-order valence-corrected chi connectivity index (χ4v) is 1.40. The van der Waals surface area contributed by atoms with E-state index < -0.39 is 0 Å². The standard InChI is InChI=1S/C13H20N2O3/c1-9(2)7-18-8-13(16)15-11-6-10(14)4-5-12(11)17-3/h4-6,9H,7-8,14H2,1-3H3,(H,15,16). The molecule has 100 valence electrons. The van der Waals surface area contributed by atoms with Crippen molar-refractivity contribution in [3.8, 4) is 5.75 Å². The molecule has 0 aliphatic heterocycles. The summed E-state index contributed by atoms with van der Waals surface area (Å²) in [5.41, 5.74) is 6.78. The topological polar surface area (TPSA) is 73.6 Å². The van der Waals surface area contributed by atoms with E-state index in [0.29, 0.717) is 29.6 Å². The minimum absolute atomic E-state index is 0.0239. The van der Waals surface area contributed by atoms with Gasteiger partial charge in [0.1, 0.15) is 12.4 Å². The average molecular weight is 252 g/mol. The van der Waals surface area contributed by atoms with Crippen molar-refractivity contribution in [1.82, 2.24) is 0 Å². The van der Waals surface area contributed by atoms with Gasteiger partial charge < -0.3 is 20.5 Å². The van der Waals surface area contributed by atoms with E-state index in [1.54, 1.807) is 18.2 Å². The molecular weight excluding hydrogens is 232 g/mol. The fraction of sp³-hybridized carbons (Fsp3) is 0.462. The Bertz CT molecular complexity index is 405. The van der Waals surface area contributed by atoms with Crippen molar-refractivity contribution < 1.29 is 14.3 Å². The molecule has 1 rings (SSSR count). The number of rotatable bonds is 6. The second-order valence-corrected chi connectivity index (χ2v) is 4.42. The van der Waals surface area contributed by atoms with Gasteiger partial charge in [0.25, 0.3) is 0 Å². The van der Waals surface area contributed by atoms with Crippen molar-refractivity contribution in [2.45, 2.75) is 13.8 Å². The van der Waals surface area contributed by atoms with E-state index in [4.69, 9.17) is 15.2 Å². The number of ether oxygens (including phenoxy) is 2. The van der Waals surface area contributed by atoms with Gasteiger partial charge in [-0.3, -0.25) is 4.79 Å². The molecule has 18 heavy (non-hydrogen) atoms. The summed E-state index contributed by atoms with van der Waals surface area (Å²) >= 11 is 0. The van der Waals surface area contributed by atoms with E-state index in [1.807, 2.05) is 13.8 Å². The Morgan fingerprint density at radius 3 is 2.78 bits per heavy atom. The molecule has 0 heterocycles. The molecule has 0 aliphatic carbocycles. The van der Waals surface area contributed by atoms with Gasteiger partial charge in [0, 0.05) is 12.3 Å². The van der Waals surface area contributed by atoms with E-state index in [0.717, 1.165) is 0 Å². The quantitative estimate of drug-likeness (QED) is 0.758. The smallest absolute Gasteiger partial charge is 0.250 e.